The number of nitriles is 1. The van der Waals surface area contributed by atoms with E-state index >= 15 is 0 Å². The van der Waals surface area contributed by atoms with Crippen LogP contribution in [0.4, 0.5) is 0 Å². The maximum atomic E-state index is 12.3. The van der Waals surface area contributed by atoms with Crippen LogP contribution < -0.4 is 17.0 Å². The van der Waals surface area contributed by atoms with Gasteiger partial charge in [-0.1, -0.05) is 29.8 Å². The number of fused-ring (bicyclic) bond motifs is 2. The maximum Gasteiger partial charge on any atom is 0.273 e. The predicted octanol–water partition coefficient (Wildman–Crippen LogP) is 3.54. The summed E-state index contributed by atoms with van der Waals surface area (Å²) in [4.78, 5) is 17.4. The standard InChI is InChI=1S/C22H17ClN6OS/c1-27-20(21-15(9-25)12-4-2-3-5-18(12)31-21)14(8-24)11-6-13-17(10-26)28-29-22(30)19(13)16(23)7-11/h2-8H,10,24,26H2,1H3,(H,29,30)/b14-8-,27-20?. The molecule has 0 saturated heterocycles. The Balaban J connectivity index is 1.97. The monoisotopic (exact) mass is 448 g/mol. The van der Waals surface area contributed by atoms with Gasteiger partial charge in [-0.25, -0.2) is 5.10 Å². The zero-order valence-corrected chi connectivity index (χ0v) is 18.0. The molecular weight excluding hydrogens is 432 g/mol. The number of aromatic amines is 1. The molecule has 2 heterocycles. The van der Waals surface area contributed by atoms with Crippen molar-refractivity contribution in [3.8, 4) is 6.07 Å². The average molecular weight is 449 g/mol. The minimum Gasteiger partial charge on any atom is -0.404 e. The molecule has 2 aromatic carbocycles. The highest BCUT2D eigenvalue weighted by molar-refractivity contribution is 7.21. The molecule has 31 heavy (non-hydrogen) atoms. The minimum absolute atomic E-state index is 0.123. The van der Waals surface area contributed by atoms with Crippen LogP contribution in [0.5, 0.6) is 0 Å². The maximum absolute atomic E-state index is 12.3. The van der Waals surface area contributed by atoms with E-state index < -0.39 is 5.56 Å². The van der Waals surface area contributed by atoms with Crippen LogP contribution in [0.1, 0.15) is 21.7 Å². The molecule has 154 valence electrons. The molecule has 5 N–H and O–H groups in total. The van der Waals surface area contributed by atoms with Gasteiger partial charge in [0, 0.05) is 40.8 Å². The van der Waals surface area contributed by atoms with E-state index in [0.29, 0.717) is 43.8 Å². The molecule has 0 fully saturated rings. The van der Waals surface area contributed by atoms with Gasteiger partial charge in [0.2, 0.25) is 0 Å². The number of hydrogen-bond donors (Lipinski definition) is 3. The molecular formula is C22H17ClN6OS. The lowest BCUT2D eigenvalue weighted by molar-refractivity contribution is 0.900. The van der Waals surface area contributed by atoms with Gasteiger partial charge < -0.3 is 11.5 Å². The summed E-state index contributed by atoms with van der Waals surface area (Å²) in [6.45, 7) is 0.123. The van der Waals surface area contributed by atoms with E-state index in [1.165, 1.54) is 17.5 Å². The summed E-state index contributed by atoms with van der Waals surface area (Å²) in [6, 6.07) is 13.4. The van der Waals surface area contributed by atoms with E-state index in [1.807, 2.05) is 24.3 Å². The first-order valence-electron chi connectivity index (χ1n) is 9.26. The largest absolute Gasteiger partial charge is 0.404 e. The van der Waals surface area contributed by atoms with Gasteiger partial charge in [-0.15, -0.1) is 11.3 Å². The van der Waals surface area contributed by atoms with E-state index in [1.54, 1.807) is 19.2 Å². The predicted molar refractivity (Wildman–Crippen MR) is 126 cm³/mol. The van der Waals surface area contributed by atoms with Gasteiger partial charge >= 0.3 is 0 Å². The number of H-pyrrole nitrogens is 1. The van der Waals surface area contributed by atoms with Crippen molar-refractivity contribution in [3.63, 3.8) is 0 Å². The number of hydrogen-bond acceptors (Lipinski definition) is 7. The van der Waals surface area contributed by atoms with Crippen molar-refractivity contribution in [3.05, 3.63) is 79.7 Å². The normalized spacial score (nSPS) is 12.5. The van der Waals surface area contributed by atoms with Crippen molar-refractivity contribution >= 4 is 55.1 Å². The lowest BCUT2D eigenvalue weighted by atomic mass is 9.96. The van der Waals surface area contributed by atoms with Crippen molar-refractivity contribution in [2.75, 3.05) is 7.05 Å². The van der Waals surface area contributed by atoms with Gasteiger partial charge in [0.25, 0.3) is 5.56 Å². The fraction of sp³-hybridized carbons (Fsp3) is 0.0909. The number of allylic oxidation sites excluding steroid dienone is 1. The molecule has 0 unspecified atom stereocenters. The lowest BCUT2D eigenvalue weighted by Crippen LogP contribution is -2.14. The van der Waals surface area contributed by atoms with Gasteiger partial charge in [0.05, 0.1) is 32.3 Å². The molecule has 4 aromatic rings. The number of nitrogens with zero attached hydrogens (tertiary/aromatic N) is 3. The van der Waals surface area contributed by atoms with Crippen LogP contribution in [0.2, 0.25) is 5.02 Å². The molecule has 0 aliphatic carbocycles. The summed E-state index contributed by atoms with van der Waals surface area (Å²) in [5.41, 5.74) is 14.3. The number of nitrogens with one attached hydrogen (secondary N) is 1. The van der Waals surface area contributed by atoms with Crippen molar-refractivity contribution in [2.24, 2.45) is 16.5 Å². The average Bonchev–Trinajstić information content (AvgIpc) is 3.15. The molecule has 7 nitrogen and oxygen atoms in total. The first-order chi connectivity index (χ1) is 15.0. The zero-order chi connectivity index (χ0) is 22.1. The molecule has 0 aliphatic rings. The van der Waals surface area contributed by atoms with Crippen molar-refractivity contribution in [2.45, 2.75) is 6.54 Å². The molecule has 9 heteroatoms. The summed E-state index contributed by atoms with van der Waals surface area (Å²) in [5.74, 6) is 0. The van der Waals surface area contributed by atoms with Gasteiger partial charge in [-0.05, 0) is 23.8 Å². The summed E-state index contributed by atoms with van der Waals surface area (Å²) < 4.78 is 0.976. The Bertz CT molecular complexity index is 1490. The summed E-state index contributed by atoms with van der Waals surface area (Å²) in [7, 11) is 1.64. The number of halogens is 1. The number of aliphatic imine (C=N–C) groups is 1. The van der Waals surface area contributed by atoms with Gasteiger partial charge in [-0.3, -0.25) is 9.79 Å². The van der Waals surface area contributed by atoms with E-state index in [-0.39, 0.29) is 11.6 Å². The Kier molecular flexibility index (Phi) is 5.57. The van der Waals surface area contributed by atoms with Crippen LogP contribution in [0.15, 0.2) is 52.4 Å². The minimum atomic E-state index is -0.400. The summed E-state index contributed by atoms with van der Waals surface area (Å²) in [5, 5.41) is 18.2. The highest BCUT2D eigenvalue weighted by atomic mass is 35.5. The number of benzene rings is 2. The summed E-state index contributed by atoms with van der Waals surface area (Å²) >= 11 is 7.94. The van der Waals surface area contributed by atoms with Gasteiger partial charge in [0.1, 0.15) is 6.07 Å². The van der Waals surface area contributed by atoms with Gasteiger partial charge in [-0.2, -0.15) is 10.4 Å². The smallest absolute Gasteiger partial charge is 0.273 e. The third-order valence-corrected chi connectivity index (χ3v) is 6.47. The van der Waals surface area contributed by atoms with Crippen LogP contribution in [-0.4, -0.2) is 23.0 Å². The van der Waals surface area contributed by atoms with Crippen molar-refractivity contribution < 1.29 is 0 Å². The number of rotatable bonds is 4. The number of thiophene rings is 1. The van der Waals surface area contributed by atoms with Crippen molar-refractivity contribution in [1.82, 2.24) is 10.2 Å². The molecule has 2 aromatic heterocycles. The van der Waals surface area contributed by atoms with Crippen LogP contribution in [0.3, 0.4) is 0 Å². The zero-order valence-electron chi connectivity index (χ0n) is 16.4. The van der Waals surface area contributed by atoms with Gasteiger partial charge in [0.15, 0.2) is 0 Å². The van der Waals surface area contributed by atoms with Crippen molar-refractivity contribution in [1.29, 1.82) is 5.26 Å². The first kappa shape index (κ1) is 20.8. The quantitative estimate of drug-likeness (QED) is 0.410. The van der Waals surface area contributed by atoms with E-state index in [2.05, 4.69) is 21.3 Å². The Hall–Kier alpha value is -3.51. The number of nitrogens with two attached hydrogens (primary N) is 2. The Morgan fingerprint density at radius 2 is 2.13 bits per heavy atom. The highest BCUT2D eigenvalue weighted by Gasteiger charge is 2.22. The third-order valence-electron chi connectivity index (χ3n) is 4.99. The molecule has 0 spiro atoms. The van der Waals surface area contributed by atoms with Crippen LogP contribution in [0, 0.1) is 11.3 Å². The SMILES string of the molecule is CN=C(/C(=C\N)c1cc(Cl)c2c(=O)[nH]nc(CN)c2c1)c1sc2ccccc2c1C#N. The topological polar surface area (TPSA) is 134 Å². The molecule has 0 bridgehead atoms. The second-order valence-electron chi connectivity index (χ2n) is 6.65. The molecule has 0 aliphatic heterocycles. The van der Waals surface area contributed by atoms with Crippen LogP contribution in [-0.2, 0) is 6.54 Å². The molecule has 0 atom stereocenters. The third kappa shape index (κ3) is 3.39. The molecule has 0 saturated carbocycles. The molecule has 0 radical (unpaired) electrons. The Labute approximate surface area is 186 Å². The molecule has 0 amide bonds. The fourth-order valence-corrected chi connectivity index (χ4v) is 5.10. The van der Waals surface area contributed by atoms with Crippen LogP contribution >= 0.6 is 22.9 Å². The Morgan fingerprint density at radius 1 is 1.35 bits per heavy atom. The first-order valence-corrected chi connectivity index (χ1v) is 10.5. The van der Waals surface area contributed by atoms with E-state index in [0.717, 1.165) is 10.1 Å². The lowest BCUT2D eigenvalue weighted by Gasteiger charge is -2.13. The Morgan fingerprint density at radius 3 is 2.81 bits per heavy atom. The highest BCUT2D eigenvalue weighted by Crippen LogP contribution is 2.36. The van der Waals surface area contributed by atoms with Crippen LogP contribution in [0.25, 0.3) is 26.4 Å². The second-order valence-corrected chi connectivity index (χ2v) is 8.11. The molecule has 4 rings (SSSR count). The summed E-state index contributed by atoms with van der Waals surface area (Å²) in [6.07, 6.45) is 1.42. The van der Waals surface area contributed by atoms with E-state index in [9.17, 15) is 10.1 Å². The second kappa shape index (κ2) is 8.32. The fourth-order valence-electron chi connectivity index (χ4n) is 3.59. The number of aromatic nitrogens is 2. The van der Waals surface area contributed by atoms with E-state index in [4.69, 9.17) is 23.1 Å².